The van der Waals surface area contributed by atoms with Crippen molar-refractivity contribution in [1.29, 1.82) is 0 Å². The van der Waals surface area contributed by atoms with Gasteiger partial charge in [-0.2, -0.15) is 0 Å². The summed E-state index contributed by atoms with van der Waals surface area (Å²) in [4.78, 5) is 0. The zero-order valence-corrected chi connectivity index (χ0v) is 15.3. The van der Waals surface area contributed by atoms with Gasteiger partial charge in [0.1, 0.15) is 4.33 Å². The predicted octanol–water partition coefficient (Wildman–Crippen LogP) is 6.93. The Morgan fingerprint density at radius 2 is 1.61 bits per heavy atom. The van der Waals surface area contributed by atoms with E-state index in [-0.39, 0.29) is 6.42 Å². The van der Waals surface area contributed by atoms with Crippen molar-refractivity contribution in [2.24, 2.45) is 0 Å². The lowest BCUT2D eigenvalue weighted by Gasteiger charge is -2.24. The molecule has 7 heteroatoms. The van der Waals surface area contributed by atoms with Gasteiger partial charge in [-0.1, -0.05) is 52.5 Å². The second kappa shape index (κ2) is 6.47. The highest BCUT2D eigenvalue weighted by Crippen LogP contribution is 2.44. The molecule has 0 saturated heterocycles. The fraction of sp³-hybridized carbons (Fsp3) is 0.455. The molecule has 0 bridgehead atoms. The van der Waals surface area contributed by atoms with E-state index in [2.05, 4.69) is 15.9 Å². The number of aryl methyl sites for hydroxylation is 1. The molecule has 0 aliphatic carbocycles. The van der Waals surface area contributed by atoms with Gasteiger partial charge in [0, 0.05) is 22.9 Å². The quantitative estimate of drug-likeness (QED) is 0.451. The van der Waals surface area contributed by atoms with E-state index in [1.54, 1.807) is 6.07 Å². The van der Waals surface area contributed by atoms with Crippen LogP contribution in [0.15, 0.2) is 12.1 Å². The highest BCUT2D eigenvalue weighted by atomic mass is 79.9. The Morgan fingerprint density at radius 1 is 1.06 bits per heavy atom. The van der Waals surface area contributed by atoms with E-state index in [4.69, 9.17) is 69.6 Å². The minimum absolute atomic E-state index is 0.143. The third-order valence-corrected chi connectivity index (χ3v) is 4.08. The molecule has 1 aromatic carbocycles. The Hall–Kier alpha value is 1.44. The first kappa shape index (κ1) is 17.5. The van der Waals surface area contributed by atoms with Crippen molar-refractivity contribution in [3.63, 3.8) is 0 Å². The fourth-order valence-electron chi connectivity index (χ4n) is 1.49. The molecule has 0 aliphatic heterocycles. The summed E-state index contributed by atoms with van der Waals surface area (Å²) in [5, 5.41) is 1.11. The molecule has 0 aromatic heterocycles. The lowest BCUT2D eigenvalue weighted by molar-refractivity contribution is 0.709. The summed E-state index contributed by atoms with van der Waals surface area (Å²) < 4.78 is -2.30. The van der Waals surface area contributed by atoms with Crippen LogP contribution in [0.25, 0.3) is 0 Å². The van der Waals surface area contributed by atoms with Crippen LogP contribution in [0.2, 0.25) is 10.0 Å². The van der Waals surface area contributed by atoms with Crippen LogP contribution in [0.1, 0.15) is 17.5 Å². The standard InChI is InChI=1S/C11H9BrCl6/c1-6-2-7(9(14)3-8(6)13)4-10(15,16)5-11(12,17)18/h2-3H,4-5H2,1H3. The average molecular weight is 434 g/mol. The van der Waals surface area contributed by atoms with E-state index < -0.39 is 7.58 Å². The van der Waals surface area contributed by atoms with Crippen molar-refractivity contribution in [2.75, 3.05) is 0 Å². The lowest BCUT2D eigenvalue weighted by atomic mass is 10.1. The van der Waals surface area contributed by atoms with Gasteiger partial charge in [-0.05, 0) is 40.0 Å². The Bertz CT molecular complexity index is 438. The average Bonchev–Trinajstić information content (AvgIpc) is 2.09. The van der Waals surface area contributed by atoms with Crippen LogP contribution in [-0.4, -0.2) is 7.58 Å². The molecule has 0 fully saturated rings. The second-order valence-electron chi connectivity index (χ2n) is 4.02. The molecule has 0 radical (unpaired) electrons. The molecule has 0 N–H and O–H groups in total. The SMILES string of the molecule is Cc1cc(CC(Cl)(Cl)CC(Cl)(Cl)Br)c(Cl)cc1Cl. The van der Waals surface area contributed by atoms with Crippen LogP contribution in [0.4, 0.5) is 0 Å². The monoisotopic (exact) mass is 430 g/mol. The van der Waals surface area contributed by atoms with Gasteiger partial charge in [-0.15, -0.1) is 23.2 Å². The van der Waals surface area contributed by atoms with Crippen LogP contribution in [0.5, 0.6) is 0 Å². The third-order valence-electron chi connectivity index (χ3n) is 2.24. The maximum atomic E-state index is 6.19. The number of rotatable bonds is 4. The molecule has 0 atom stereocenters. The van der Waals surface area contributed by atoms with Gasteiger partial charge >= 0.3 is 0 Å². The van der Waals surface area contributed by atoms with E-state index in [0.717, 1.165) is 11.1 Å². The van der Waals surface area contributed by atoms with E-state index in [1.807, 2.05) is 13.0 Å². The highest BCUT2D eigenvalue weighted by molar-refractivity contribution is 9.11. The van der Waals surface area contributed by atoms with E-state index >= 15 is 0 Å². The van der Waals surface area contributed by atoms with Gasteiger partial charge in [0.15, 0.2) is 3.24 Å². The van der Waals surface area contributed by atoms with E-state index in [1.165, 1.54) is 0 Å². The predicted molar refractivity (Wildman–Crippen MR) is 87.3 cm³/mol. The zero-order chi connectivity index (χ0) is 14.1. The molecule has 102 valence electrons. The number of halogens is 7. The molecule has 0 saturated carbocycles. The number of alkyl halides is 5. The highest BCUT2D eigenvalue weighted by Gasteiger charge is 2.35. The van der Waals surface area contributed by atoms with Gasteiger partial charge in [0.2, 0.25) is 0 Å². The lowest BCUT2D eigenvalue weighted by Crippen LogP contribution is -2.23. The fourth-order valence-corrected chi connectivity index (χ4v) is 4.16. The number of hydrogen-bond acceptors (Lipinski definition) is 0. The van der Waals surface area contributed by atoms with Gasteiger partial charge in [-0.3, -0.25) is 0 Å². The maximum absolute atomic E-state index is 6.19. The van der Waals surface area contributed by atoms with Crippen molar-refractivity contribution in [3.8, 4) is 0 Å². The second-order valence-corrected chi connectivity index (χ2v) is 10.2. The van der Waals surface area contributed by atoms with Gasteiger partial charge < -0.3 is 0 Å². The van der Waals surface area contributed by atoms with Crippen molar-refractivity contribution >= 4 is 85.5 Å². The molecule has 0 unspecified atom stereocenters. The summed E-state index contributed by atoms with van der Waals surface area (Å²) >= 11 is 39.2. The van der Waals surface area contributed by atoms with Crippen LogP contribution >= 0.6 is 85.5 Å². The third kappa shape index (κ3) is 5.83. The van der Waals surface area contributed by atoms with Crippen molar-refractivity contribution in [1.82, 2.24) is 0 Å². The first-order valence-electron chi connectivity index (χ1n) is 4.89. The molecule has 1 aromatic rings. The van der Waals surface area contributed by atoms with Crippen molar-refractivity contribution in [3.05, 3.63) is 33.3 Å². The van der Waals surface area contributed by atoms with Crippen LogP contribution in [0.3, 0.4) is 0 Å². The van der Waals surface area contributed by atoms with Gasteiger partial charge in [0.05, 0.1) is 0 Å². The topological polar surface area (TPSA) is 0 Å². The van der Waals surface area contributed by atoms with Crippen LogP contribution in [-0.2, 0) is 6.42 Å². The molecule has 0 nitrogen and oxygen atoms in total. The van der Waals surface area contributed by atoms with Crippen LogP contribution in [0, 0.1) is 6.92 Å². The van der Waals surface area contributed by atoms with E-state index in [9.17, 15) is 0 Å². The molecular formula is C11H9BrCl6. The van der Waals surface area contributed by atoms with Crippen LogP contribution < -0.4 is 0 Å². The number of hydrogen-bond donors (Lipinski definition) is 0. The molecule has 0 amide bonds. The zero-order valence-electron chi connectivity index (χ0n) is 9.21. The largest absolute Gasteiger partial charge is 0.175 e. The maximum Gasteiger partial charge on any atom is 0.175 e. The summed E-state index contributed by atoms with van der Waals surface area (Å²) in [5.74, 6) is 0. The molecular weight excluding hydrogens is 425 g/mol. The minimum atomic E-state index is -1.18. The first-order valence-corrected chi connectivity index (χ1v) is 7.95. The van der Waals surface area contributed by atoms with Crippen molar-refractivity contribution in [2.45, 2.75) is 27.3 Å². The Morgan fingerprint density at radius 3 is 2.11 bits per heavy atom. The van der Waals surface area contributed by atoms with E-state index in [0.29, 0.717) is 16.5 Å². The minimum Gasteiger partial charge on any atom is -0.101 e. The van der Waals surface area contributed by atoms with Gasteiger partial charge in [-0.25, -0.2) is 0 Å². The first-order chi connectivity index (χ1) is 8.00. The smallest absolute Gasteiger partial charge is 0.101 e. The van der Waals surface area contributed by atoms with Gasteiger partial charge in [0.25, 0.3) is 0 Å². The summed E-state index contributed by atoms with van der Waals surface area (Å²) in [6.07, 6.45) is 0.462. The normalized spacial score (nSPS) is 12.9. The Balaban J connectivity index is 2.94. The molecule has 0 spiro atoms. The summed E-state index contributed by atoms with van der Waals surface area (Å²) in [6.45, 7) is 1.88. The molecule has 0 heterocycles. The summed E-state index contributed by atoms with van der Waals surface area (Å²) in [7, 11) is 0. The number of benzene rings is 1. The Labute approximate surface area is 145 Å². The molecule has 1 rings (SSSR count). The summed E-state index contributed by atoms with van der Waals surface area (Å²) in [6, 6.07) is 3.52. The summed E-state index contributed by atoms with van der Waals surface area (Å²) in [5.41, 5.74) is 1.70. The van der Waals surface area contributed by atoms with Crippen molar-refractivity contribution < 1.29 is 0 Å². The Kier molecular flexibility index (Phi) is 6.29. The molecule has 18 heavy (non-hydrogen) atoms. The molecule has 0 aliphatic rings.